The van der Waals surface area contributed by atoms with E-state index in [4.69, 9.17) is 9.47 Å². The van der Waals surface area contributed by atoms with Crippen LogP contribution >= 0.6 is 11.3 Å². The SMILES string of the molecule is CCOC(=O)C1=C(C)N=c2s/c(=C/c3ccc(O)cc3O)c(=O)n2C1c1ccc(OC)cc1. The number of nitrogens with zero attached hydrogens (tertiary/aromatic N) is 2. The van der Waals surface area contributed by atoms with Gasteiger partial charge in [0, 0.05) is 11.6 Å². The van der Waals surface area contributed by atoms with E-state index in [0.29, 0.717) is 31.9 Å². The zero-order valence-electron chi connectivity index (χ0n) is 18.2. The largest absolute Gasteiger partial charge is 0.508 e. The van der Waals surface area contributed by atoms with E-state index in [2.05, 4.69) is 4.99 Å². The van der Waals surface area contributed by atoms with Gasteiger partial charge in [-0.25, -0.2) is 9.79 Å². The van der Waals surface area contributed by atoms with Crippen LogP contribution in [0, 0.1) is 0 Å². The molecule has 1 atom stereocenters. The van der Waals surface area contributed by atoms with Crippen LogP contribution in [-0.4, -0.2) is 34.5 Å². The highest BCUT2D eigenvalue weighted by Crippen LogP contribution is 2.31. The molecule has 1 aromatic heterocycles. The number of allylic oxidation sites excluding steroid dienone is 1. The maximum atomic E-state index is 13.5. The summed E-state index contributed by atoms with van der Waals surface area (Å²) in [4.78, 5) is 31.3. The summed E-state index contributed by atoms with van der Waals surface area (Å²) in [5.41, 5.74) is 1.47. The zero-order valence-corrected chi connectivity index (χ0v) is 19.0. The highest BCUT2D eigenvalue weighted by molar-refractivity contribution is 7.07. The molecule has 0 spiro atoms. The molecule has 0 saturated heterocycles. The molecule has 8 nitrogen and oxygen atoms in total. The molecule has 9 heteroatoms. The summed E-state index contributed by atoms with van der Waals surface area (Å²) in [6.07, 6.45) is 1.53. The fourth-order valence-electron chi connectivity index (χ4n) is 3.69. The van der Waals surface area contributed by atoms with Gasteiger partial charge < -0.3 is 19.7 Å². The van der Waals surface area contributed by atoms with E-state index in [0.717, 1.165) is 11.3 Å². The number of carbonyl (C=O) groups is 1. The fourth-order valence-corrected chi connectivity index (χ4v) is 4.73. The first-order valence-electron chi connectivity index (χ1n) is 10.2. The molecule has 33 heavy (non-hydrogen) atoms. The van der Waals surface area contributed by atoms with Crippen LogP contribution in [0.1, 0.15) is 31.0 Å². The number of aromatic nitrogens is 1. The number of ether oxygens (including phenoxy) is 2. The lowest BCUT2D eigenvalue weighted by Gasteiger charge is -2.24. The normalized spacial score (nSPS) is 15.7. The van der Waals surface area contributed by atoms with Crippen LogP contribution in [0.3, 0.4) is 0 Å². The second kappa shape index (κ2) is 8.95. The Morgan fingerprint density at radius 1 is 1.21 bits per heavy atom. The van der Waals surface area contributed by atoms with Gasteiger partial charge in [-0.2, -0.15) is 0 Å². The van der Waals surface area contributed by atoms with Crippen LogP contribution in [0.2, 0.25) is 0 Å². The molecule has 1 aliphatic heterocycles. The maximum absolute atomic E-state index is 13.5. The number of benzene rings is 2. The molecule has 0 saturated carbocycles. The van der Waals surface area contributed by atoms with E-state index in [1.165, 1.54) is 28.8 Å². The molecule has 0 radical (unpaired) electrons. The number of esters is 1. The number of carbonyl (C=O) groups excluding carboxylic acids is 1. The maximum Gasteiger partial charge on any atom is 0.338 e. The number of aromatic hydroxyl groups is 2. The molecule has 4 rings (SSSR count). The van der Waals surface area contributed by atoms with Crippen molar-refractivity contribution >= 4 is 23.4 Å². The second-order valence-corrected chi connectivity index (χ2v) is 8.33. The van der Waals surface area contributed by atoms with Crippen LogP contribution in [0.25, 0.3) is 6.08 Å². The number of fused-ring (bicyclic) bond motifs is 1. The number of phenolic OH excluding ortho intramolecular Hbond substituents is 2. The minimum atomic E-state index is -0.734. The number of rotatable bonds is 5. The van der Waals surface area contributed by atoms with Gasteiger partial charge in [-0.15, -0.1) is 0 Å². The Kier molecular flexibility index (Phi) is 6.06. The molecule has 0 fully saturated rings. The van der Waals surface area contributed by atoms with Crippen molar-refractivity contribution in [3.05, 3.63) is 84.5 Å². The number of thiazole rings is 1. The van der Waals surface area contributed by atoms with E-state index in [1.54, 1.807) is 45.2 Å². The van der Waals surface area contributed by atoms with Crippen molar-refractivity contribution in [2.45, 2.75) is 19.9 Å². The molecule has 0 amide bonds. The Balaban J connectivity index is 1.95. The molecule has 3 aromatic rings. The smallest absolute Gasteiger partial charge is 0.338 e. The van der Waals surface area contributed by atoms with E-state index >= 15 is 0 Å². The van der Waals surface area contributed by atoms with E-state index in [1.807, 2.05) is 0 Å². The molecule has 2 heterocycles. The predicted molar refractivity (Wildman–Crippen MR) is 123 cm³/mol. The lowest BCUT2D eigenvalue weighted by atomic mass is 9.96. The quantitative estimate of drug-likeness (QED) is 0.558. The summed E-state index contributed by atoms with van der Waals surface area (Å²) < 4.78 is 12.3. The average Bonchev–Trinajstić information content (AvgIpc) is 3.09. The molecule has 2 N–H and O–H groups in total. The van der Waals surface area contributed by atoms with Gasteiger partial charge in [0.05, 0.1) is 35.6 Å². The molecule has 0 aliphatic carbocycles. The molecule has 2 aromatic carbocycles. The first-order valence-corrected chi connectivity index (χ1v) is 11.0. The lowest BCUT2D eigenvalue weighted by Crippen LogP contribution is -2.39. The summed E-state index contributed by atoms with van der Waals surface area (Å²) >= 11 is 1.15. The van der Waals surface area contributed by atoms with Gasteiger partial charge in [-0.05, 0) is 49.8 Å². The van der Waals surface area contributed by atoms with Gasteiger partial charge in [0.1, 0.15) is 17.2 Å². The number of phenols is 2. The number of hydrogen-bond donors (Lipinski definition) is 2. The molecular formula is C24H22N2O6S. The van der Waals surface area contributed by atoms with Gasteiger partial charge in [0.25, 0.3) is 5.56 Å². The highest BCUT2D eigenvalue weighted by Gasteiger charge is 2.33. The van der Waals surface area contributed by atoms with Gasteiger partial charge in [-0.3, -0.25) is 9.36 Å². The summed E-state index contributed by atoms with van der Waals surface area (Å²) in [5.74, 6) is -0.131. The van der Waals surface area contributed by atoms with Crippen molar-refractivity contribution in [1.29, 1.82) is 0 Å². The van der Waals surface area contributed by atoms with E-state index < -0.39 is 12.0 Å². The van der Waals surface area contributed by atoms with Gasteiger partial charge in [-0.1, -0.05) is 23.5 Å². The van der Waals surface area contributed by atoms with Crippen molar-refractivity contribution in [3.8, 4) is 17.2 Å². The average molecular weight is 467 g/mol. The lowest BCUT2D eigenvalue weighted by molar-refractivity contribution is -0.139. The van der Waals surface area contributed by atoms with Crippen LogP contribution in [-0.2, 0) is 9.53 Å². The van der Waals surface area contributed by atoms with Crippen molar-refractivity contribution in [1.82, 2.24) is 4.57 Å². The van der Waals surface area contributed by atoms with E-state index in [9.17, 15) is 19.8 Å². The first-order chi connectivity index (χ1) is 15.8. The Morgan fingerprint density at radius 3 is 2.58 bits per heavy atom. The van der Waals surface area contributed by atoms with Gasteiger partial charge >= 0.3 is 5.97 Å². The predicted octanol–water partition coefficient (Wildman–Crippen LogP) is 2.22. The third-order valence-electron chi connectivity index (χ3n) is 5.25. The monoisotopic (exact) mass is 466 g/mol. The third-order valence-corrected chi connectivity index (χ3v) is 6.23. The van der Waals surface area contributed by atoms with Crippen molar-refractivity contribution in [2.24, 2.45) is 4.99 Å². The zero-order chi connectivity index (χ0) is 23.7. The van der Waals surface area contributed by atoms with Crippen LogP contribution in [0.5, 0.6) is 17.2 Å². The van der Waals surface area contributed by atoms with Crippen LogP contribution in [0.4, 0.5) is 0 Å². The van der Waals surface area contributed by atoms with Gasteiger partial charge in [0.15, 0.2) is 4.80 Å². The van der Waals surface area contributed by atoms with Crippen LogP contribution in [0.15, 0.2) is 63.5 Å². The minimum Gasteiger partial charge on any atom is -0.508 e. The third kappa shape index (κ3) is 4.14. The Labute approximate surface area is 193 Å². The summed E-state index contributed by atoms with van der Waals surface area (Å²) in [6.45, 7) is 3.62. The number of methoxy groups -OCH3 is 1. The Morgan fingerprint density at radius 2 is 1.94 bits per heavy atom. The van der Waals surface area contributed by atoms with E-state index in [-0.39, 0.29) is 29.2 Å². The molecule has 0 bridgehead atoms. The Hall–Kier alpha value is -3.85. The summed E-state index contributed by atoms with van der Waals surface area (Å²) in [7, 11) is 1.56. The Bertz CT molecular complexity index is 1430. The van der Waals surface area contributed by atoms with Crippen molar-refractivity contribution in [3.63, 3.8) is 0 Å². The van der Waals surface area contributed by atoms with Crippen molar-refractivity contribution < 1.29 is 24.5 Å². The van der Waals surface area contributed by atoms with Gasteiger partial charge in [0.2, 0.25) is 0 Å². The molecule has 1 unspecified atom stereocenters. The molecule has 170 valence electrons. The highest BCUT2D eigenvalue weighted by atomic mass is 32.1. The fraction of sp³-hybridized carbons (Fsp3) is 0.208. The molecular weight excluding hydrogens is 444 g/mol. The summed E-state index contributed by atoms with van der Waals surface area (Å²) in [5, 5.41) is 19.7. The summed E-state index contributed by atoms with van der Waals surface area (Å²) in [6, 6.07) is 10.5. The van der Waals surface area contributed by atoms with Crippen molar-refractivity contribution in [2.75, 3.05) is 13.7 Å². The second-order valence-electron chi connectivity index (χ2n) is 7.32. The first kappa shape index (κ1) is 22.3. The number of hydrogen-bond acceptors (Lipinski definition) is 8. The van der Waals surface area contributed by atoms with Crippen LogP contribution < -0.4 is 19.6 Å². The standard InChI is InChI=1S/C24H22N2O6S/c1-4-32-23(30)20-13(2)25-24-26(21(20)14-6-9-17(31-3)10-7-14)22(29)19(33-24)11-15-5-8-16(27)12-18(15)28/h5-12,21,27-28H,4H2,1-3H3/b19-11+. The topological polar surface area (TPSA) is 110 Å². The molecule has 1 aliphatic rings. The minimum absolute atomic E-state index is 0.0830.